The highest BCUT2D eigenvalue weighted by molar-refractivity contribution is 6.39. The van der Waals surface area contributed by atoms with E-state index in [1.54, 1.807) is 6.07 Å². The van der Waals surface area contributed by atoms with Crippen LogP contribution in [0.4, 0.5) is 17.3 Å². The molecule has 0 radical (unpaired) electrons. The number of carbonyl (C=O) groups is 2. The fraction of sp³-hybridized carbons (Fsp3) is 0.545. The maximum Gasteiger partial charge on any atom is 0.253 e. The Hall–Kier alpha value is -2.97. The zero-order chi connectivity index (χ0) is 29.9. The van der Waals surface area contributed by atoms with Crippen molar-refractivity contribution in [1.29, 1.82) is 0 Å². The molecule has 1 saturated heterocycles. The van der Waals surface area contributed by atoms with Crippen LogP contribution in [0.2, 0.25) is 10.0 Å². The highest BCUT2D eigenvalue weighted by atomic mass is 35.5. The van der Waals surface area contributed by atoms with Crippen molar-refractivity contribution >= 4 is 63.4 Å². The normalized spacial score (nSPS) is 22.7. The molecule has 2 atom stereocenters. The fourth-order valence-electron chi connectivity index (χ4n) is 7.17. The molecular weight excluding hydrogens is 583 g/mol. The molecule has 1 aliphatic heterocycles. The van der Waals surface area contributed by atoms with Crippen molar-refractivity contribution in [2.75, 3.05) is 23.3 Å². The summed E-state index contributed by atoms with van der Waals surface area (Å²) in [5, 5.41) is 10.6. The van der Waals surface area contributed by atoms with Crippen molar-refractivity contribution in [2.45, 2.75) is 77.3 Å². The minimum Gasteiger partial charge on any atom is -0.370 e. The number of carbonyl (C=O) groups excluding carboxylic acids is 2. The molecule has 1 aromatic heterocycles. The molecule has 2 unspecified atom stereocenters. The van der Waals surface area contributed by atoms with Gasteiger partial charge >= 0.3 is 0 Å². The zero-order valence-corrected chi connectivity index (χ0v) is 26.5. The molecule has 4 fully saturated rings. The number of nitrogens with one attached hydrogen (secondary N) is 3. The Morgan fingerprint density at radius 2 is 1.79 bits per heavy atom. The molecule has 0 spiro atoms. The first-order valence-electron chi connectivity index (χ1n) is 15.8. The predicted molar refractivity (Wildman–Crippen MR) is 172 cm³/mol. The maximum absolute atomic E-state index is 13.7. The Balaban J connectivity index is 1.17. The van der Waals surface area contributed by atoms with E-state index < -0.39 is 0 Å². The molecule has 10 heteroatoms. The number of aromatic nitrogens is 2. The zero-order valence-electron chi connectivity index (χ0n) is 24.9. The van der Waals surface area contributed by atoms with E-state index in [9.17, 15) is 9.59 Å². The van der Waals surface area contributed by atoms with Crippen LogP contribution in [-0.2, 0) is 18.4 Å². The molecule has 7 rings (SSSR count). The summed E-state index contributed by atoms with van der Waals surface area (Å²) < 4.78 is 1.98. The number of amides is 2. The van der Waals surface area contributed by atoms with E-state index in [1.807, 2.05) is 30.7 Å². The molecule has 2 amide bonds. The molecule has 8 nitrogen and oxygen atoms in total. The highest BCUT2D eigenvalue weighted by Crippen LogP contribution is 2.47. The number of aryl methyl sites for hydroxylation is 1. The molecule has 0 bridgehead atoms. The quantitative estimate of drug-likeness (QED) is 0.253. The summed E-state index contributed by atoms with van der Waals surface area (Å²) in [5.41, 5.74) is 4.37. The third-order valence-corrected chi connectivity index (χ3v) is 11.1. The van der Waals surface area contributed by atoms with Crippen molar-refractivity contribution < 1.29 is 9.59 Å². The number of rotatable bonds is 8. The van der Waals surface area contributed by atoms with Gasteiger partial charge in [0.1, 0.15) is 0 Å². The van der Waals surface area contributed by atoms with Gasteiger partial charge in [0.25, 0.3) is 5.91 Å². The van der Waals surface area contributed by atoms with E-state index in [-0.39, 0.29) is 23.3 Å². The first-order valence-corrected chi connectivity index (χ1v) is 16.5. The van der Waals surface area contributed by atoms with Gasteiger partial charge in [-0.3, -0.25) is 9.59 Å². The lowest BCUT2D eigenvalue weighted by Gasteiger charge is -2.36. The van der Waals surface area contributed by atoms with Crippen LogP contribution in [0.25, 0.3) is 11.0 Å². The number of piperidine rings is 1. The van der Waals surface area contributed by atoms with E-state index >= 15 is 0 Å². The second-order valence-electron chi connectivity index (χ2n) is 13.4. The fourth-order valence-corrected chi connectivity index (χ4v) is 7.70. The maximum atomic E-state index is 13.7. The molecule has 2 aromatic carbocycles. The van der Waals surface area contributed by atoms with Gasteiger partial charge in [0.2, 0.25) is 11.9 Å². The van der Waals surface area contributed by atoms with Gasteiger partial charge in [0.15, 0.2) is 0 Å². The number of anilines is 3. The summed E-state index contributed by atoms with van der Waals surface area (Å²) in [6.07, 6.45) is 9.87. The van der Waals surface area contributed by atoms with Crippen molar-refractivity contribution in [3.8, 4) is 0 Å². The number of hydrogen-bond donors (Lipinski definition) is 3. The van der Waals surface area contributed by atoms with Gasteiger partial charge in [-0.25, -0.2) is 4.98 Å². The molecule has 3 aliphatic carbocycles. The predicted octanol–water partition coefficient (Wildman–Crippen LogP) is 6.95. The summed E-state index contributed by atoms with van der Waals surface area (Å²) in [7, 11) is 1.95. The lowest BCUT2D eigenvalue weighted by atomic mass is 9.70. The lowest BCUT2D eigenvalue weighted by molar-refractivity contribution is -0.134. The van der Waals surface area contributed by atoms with E-state index in [0.29, 0.717) is 33.8 Å². The van der Waals surface area contributed by atoms with E-state index in [2.05, 4.69) is 26.9 Å². The van der Waals surface area contributed by atoms with Crippen LogP contribution in [0.5, 0.6) is 0 Å². The number of hydrogen-bond acceptors (Lipinski definition) is 5. The van der Waals surface area contributed by atoms with E-state index in [1.165, 1.54) is 25.7 Å². The van der Waals surface area contributed by atoms with Crippen LogP contribution in [0, 0.1) is 17.3 Å². The third kappa shape index (κ3) is 5.46. The van der Waals surface area contributed by atoms with Crippen molar-refractivity contribution in [3.63, 3.8) is 0 Å². The second-order valence-corrected chi connectivity index (χ2v) is 14.2. The van der Waals surface area contributed by atoms with Crippen molar-refractivity contribution in [1.82, 2.24) is 20.2 Å². The van der Waals surface area contributed by atoms with Gasteiger partial charge in [0.05, 0.1) is 38.0 Å². The second kappa shape index (κ2) is 11.2. The summed E-state index contributed by atoms with van der Waals surface area (Å²) in [6, 6.07) is 7.92. The molecule has 228 valence electrons. The van der Waals surface area contributed by atoms with Crippen molar-refractivity contribution in [3.05, 3.63) is 45.4 Å². The minimum absolute atomic E-state index is 0.0128. The SMILES string of the molecule is Cn1c(Nc2c(Cl)ccc(CNC(=O)C3(C)CCC3)c2Cl)nc2cc(C(=O)NC3CCCCC3)c(N3CC4CC4C3)cc21. The smallest absolute Gasteiger partial charge is 0.253 e. The van der Waals surface area contributed by atoms with Crippen LogP contribution in [0.1, 0.15) is 80.6 Å². The van der Waals surface area contributed by atoms with Gasteiger partial charge < -0.3 is 25.4 Å². The molecular formula is C33H40Cl2N6O2. The van der Waals surface area contributed by atoms with Gasteiger partial charge in [-0.2, -0.15) is 0 Å². The third-order valence-electron chi connectivity index (χ3n) is 10.4. The molecule has 2 heterocycles. The van der Waals surface area contributed by atoms with Crippen molar-refractivity contribution in [2.24, 2.45) is 24.3 Å². The topological polar surface area (TPSA) is 91.3 Å². The summed E-state index contributed by atoms with van der Waals surface area (Å²) in [5.74, 6) is 2.10. The van der Waals surface area contributed by atoms with E-state index in [0.717, 1.165) is 79.3 Å². The molecule has 4 aliphatic rings. The first-order chi connectivity index (χ1) is 20.7. The van der Waals surface area contributed by atoms with Crippen LogP contribution >= 0.6 is 23.2 Å². The van der Waals surface area contributed by atoms with E-state index in [4.69, 9.17) is 28.2 Å². The Morgan fingerprint density at radius 1 is 1.05 bits per heavy atom. The Bertz CT molecular complexity index is 1580. The number of halogens is 2. The van der Waals surface area contributed by atoms with Gasteiger partial charge in [0, 0.05) is 38.1 Å². The molecule has 3 N–H and O–H groups in total. The van der Waals surface area contributed by atoms with Crippen LogP contribution in [-0.4, -0.2) is 40.5 Å². The summed E-state index contributed by atoms with van der Waals surface area (Å²) >= 11 is 13.5. The first kappa shape index (κ1) is 28.8. The number of nitrogens with zero attached hydrogens (tertiary/aromatic N) is 3. The Kier molecular flexibility index (Phi) is 7.49. The minimum atomic E-state index is -0.284. The summed E-state index contributed by atoms with van der Waals surface area (Å²) in [6.45, 7) is 4.33. The standard InChI is InChI=1S/C33H40Cl2N6O2/c1-33(11-6-12-33)31(43)36-16-19-9-10-24(34)29(28(19)35)39-32-38-25-14-23(30(42)37-22-7-4-3-5-8-22)26(15-27(25)40(32)2)41-17-20-13-21(20)18-41/h9-10,14-15,20-22H,3-8,11-13,16-18H2,1-2H3,(H,36,43)(H,37,42)(H,38,39). The Morgan fingerprint density at radius 3 is 2.49 bits per heavy atom. The van der Waals surface area contributed by atoms with Gasteiger partial charge in [-0.05, 0) is 67.7 Å². The average Bonchev–Trinajstić information content (AvgIpc) is 3.47. The lowest BCUT2D eigenvalue weighted by Crippen LogP contribution is -2.43. The highest BCUT2D eigenvalue weighted by Gasteiger charge is 2.46. The monoisotopic (exact) mass is 622 g/mol. The summed E-state index contributed by atoms with van der Waals surface area (Å²) in [4.78, 5) is 33.7. The molecule has 3 aromatic rings. The number of imidazole rings is 1. The van der Waals surface area contributed by atoms with Crippen LogP contribution in [0.15, 0.2) is 24.3 Å². The number of fused-ring (bicyclic) bond motifs is 2. The largest absolute Gasteiger partial charge is 0.370 e. The Labute approximate surface area is 262 Å². The van der Waals surface area contributed by atoms with Crippen LogP contribution in [0.3, 0.4) is 0 Å². The molecule has 3 saturated carbocycles. The van der Waals surface area contributed by atoms with Gasteiger partial charge in [-0.1, -0.05) is 61.9 Å². The van der Waals surface area contributed by atoms with Gasteiger partial charge in [-0.15, -0.1) is 0 Å². The van der Waals surface area contributed by atoms with Crippen LogP contribution < -0.4 is 20.9 Å². The average molecular weight is 624 g/mol. The number of benzene rings is 2. The molecule has 43 heavy (non-hydrogen) atoms.